The van der Waals surface area contributed by atoms with Gasteiger partial charge in [-0.25, -0.2) is 4.39 Å². The molecule has 2 aliphatic rings. The Hall–Kier alpha value is -2.15. The van der Waals surface area contributed by atoms with Gasteiger partial charge >= 0.3 is 0 Å². The van der Waals surface area contributed by atoms with Gasteiger partial charge < -0.3 is 24.6 Å². The average Bonchev–Trinajstić information content (AvgIpc) is 2.70. The maximum atomic E-state index is 13.1. The van der Waals surface area contributed by atoms with E-state index in [9.17, 15) is 14.6 Å². The van der Waals surface area contributed by atoms with Gasteiger partial charge in [0.1, 0.15) is 22.9 Å². The van der Waals surface area contributed by atoms with Crippen molar-refractivity contribution < 1.29 is 24.1 Å². The summed E-state index contributed by atoms with van der Waals surface area (Å²) in [5.41, 5.74) is 1.12. The van der Waals surface area contributed by atoms with E-state index < -0.39 is 12.2 Å². The van der Waals surface area contributed by atoms with Crippen LogP contribution in [0.1, 0.15) is 42.6 Å². The van der Waals surface area contributed by atoms with Crippen molar-refractivity contribution in [3.05, 3.63) is 59.4 Å². The van der Waals surface area contributed by atoms with Crippen LogP contribution in [0.25, 0.3) is 0 Å². The summed E-state index contributed by atoms with van der Waals surface area (Å²) in [4.78, 5) is 2.19. The van der Waals surface area contributed by atoms with Crippen molar-refractivity contribution in [2.24, 2.45) is 0 Å². The summed E-state index contributed by atoms with van der Waals surface area (Å²) < 4.78 is 24.6. The van der Waals surface area contributed by atoms with Gasteiger partial charge in [0.15, 0.2) is 0 Å². The molecule has 2 aromatic carbocycles. The number of fused-ring (bicyclic) bond motifs is 1. The van der Waals surface area contributed by atoms with Gasteiger partial charge in [-0.1, -0.05) is 12.1 Å². The van der Waals surface area contributed by atoms with E-state index in [-0.39, 0.29) is 11.4 Å². The van der Waals surface area contributed by atoms with E-state index in [1.807, 2.05) is 18.2 Å². The van der Waals surface area contributed by atoms with Gasteiger partial charge in [0.05, 0.1) is 19.3 Å². The van der Waals surface area contributed by atoms with Crippen molar-refractivity contribution in [2.75, 3.05) is 26.7 Å². The number of likely N-dealkylation sites (tertiary alicyclic amines) is 1. The Bertz CT molecular complexity index is 818. The number of benzene rings is 2. The van der Waals surface area contributed by atoms with Gasteiger partial charge in [-0.2, -0.15) is 0 Å². The number of aliphatic hydroxyl groups is 2. The highest BCUT2D eigenvalue weighted by atomic mass is 19.1. The number of methoxy groups -OCH3 is 1. The molecule has 1 spiro atoms. The summed E-state index contributed by atoms with van der Waals surface area (Å²) in [5, 5.41) is 21.1. The lowest BCUT2D eigenvalue weighted by Gasteiger charge is -2.46. The van der Waals surface area contributed by atoms with Gasteiger partial charge in [0.25, 0.3) is 0 Å². The van der Waals surface area contributed by atoms with Crippen molar-refractivity contribution in [3.63, 3.8) is 0 Å². The van der Waals surface area contributed by atoms with E-state index in [0.29, 0.717) is 24.3 Å². The standard InChI is InChI=1S/C22H26FNO4/c1-27-17-6-7-21-18(12-17)19(25)13-22(28-21)8-10-24(11-9-22)14-20(26)15-2-4-16(23)5-3-15/h2-7,12,19-20,25-26H,8-11,13-14H2,1H3. The predicted molar refractivity (Wildman–Crippen MR) is 103 cm³/mol. The highest BCUT2D eigenvalue weighted by Crippen LogP contribution is 2.45. The highest BCUT2D eigenvalue weighted by molar-refractivity contribution is 5.43. The van der Waals surface area contributed by atoms with Crippen LogP contribution in [0.2, 0.25) is 0 Å². The smallest absolute Gasteiger partial charge is 0.126 e. The second kappa shape index (κ2) is 7.70. The minimum absolute atomic E-state index is 0.304. The molecule has 2 aliphatic heterocycles. The highest BCUT2D eigenvalue weighted by Gasteiger charge is 2.43. The first-order valence-corrected chi connectivity index (χ1v) is 9.69. The summed E-state index contributed by atoms with van der Waals surface area (Å²) in [6.07, 6.45) is 0.898. The second-order valence-electron chi connectivity index (χ2n) is 7.78. The number of aliphatic hydroxyl groups excluding tert-OH is 2. The van der Waals surface area contributed by atoms with E-state index in [1.165, 1.54) is 12.1 Å². The first-order valence-electron chi connectivity index (χ1n) is 9.69. The lowest BCUT2D eigenvalue weighted by molar-refractivity contribution is -0.0588. The third kappa shape index (κ3) is 3.85. The Balaban J connectivity index is 1.39. The molecule has 0 saturated carbocycles. The summed E-state index contributed by atoms with van der Waals surface area (Å²) in [6.45, 7) is 2.05. The van der Waals surface area contributed by atoms with Crippen molar-refractivity contribution in [1.29, 1.82) is 0 Å². The van der Waals surface area contributed by atoms with E-state index in [4.69, 9.17) is 9.47 Å². The number of nitrogens with zero attached hydrogens (tertiary/aromatic N) is 1. The topological polar surface area (TPSA) is 62.2 Å². The molecule has 5 nitrogen and oxygen atoms in total. The molecular formula is C22H26FNO4. The Labute approximate surface area is 164 Å². The molecule has 28 heavy (non-hydrogen) atoms. The molecule has 1 fully saturated rings. The van der Waals surface area contributed by atoms with Crippen LogP contribution in [-0.4, -0.2) is 47.5 Å². The maximum Gasteiger partial charge on any atom is 0.126 e. The zero-order chi connectivity index (χ0) is 19.7. The number of hydrogen-bond donors (Lipinski definition) is 2. The number of piperidine rings is 1. The van der Waals surface area contributed by atoms with Crippen LogP contribution in [0.5, 0.6) is 11.5 Å². The van der Waals surface area contributed by atoms with E-state index in [0.717, 1.165) is 37.2 Å². The monoisotopic (exact) mass is 387 g/mol. The minimum atomic E-state index is -0.652. The molecule has 0 radical (unpaired) electrons. The molecule has 2 atom stereocenters. The fourth-order valence-corrected chi connectivity index (χ4v) is 4.23. The first kappa shape index (κ1) is 19.2. The van der Waals surface area contributed by atoms with Crippen LogP contribution in [0.4, 0.5) is 4.39 Å². The number of halogens is 1. The third-order valence-corrected chi connectivity index (χ3v) is 5.92. The number of rotatable bonds is 4. The second-order valence-corrected chi connectivity index (χ2v) is 7.78. The van der Waals surface area contributed by atoms with Gasteiger partial charge in [0.2, 0.25) is 0 Å². The predicted octanol–water partition coefficient (Wildman–Crippen LogP) is 3.22. The average molecular weight is 387 g/mol. The summed E-state index contributed by atoms with van der Waals surface area (Å²) >= 11 is 0. The molecular weight excluding hydrogens is 361 g/mol. The molecule has 0 amide bonds. The van der Waals surface area contributed by atoms with Crippen LogP contribution in [-0.2, 0) is 0 Å². The van der Waals surface area contributed by atoms with Crippen molar-refractivity contribution in [3.8, 4) is 11.5 Å². The van der Waals surface area contributed by atoms with Crippen LogP contribution in [0, 0.1) is 5.82 Å². The Morgan fingerprint density at radius 2 is 1.93 bits per heavy atom. The third-order valence-electron chi connectivity index (χ3n) is 5.92. The molecule has 2 unspecified atom stereocenters. The first-order chi connectivity index (χ1) is 13.5. The Kier molecular flexibility index (Phi) is 5.27. The lowest BCUT2D eigenvalue weighted by Crippen LogP contribution is -2.51. The largest absolute Gasteiger partial charge is 0.497 e. The maximum absolute atomic E-state index is 13.1. The molecule has 0 aliphatic carbocycles. The van der Waals surface area contributed by atoms with E-state index >= 15 is 0 Å². The van der Waals surface area contributed by atoms with Crippen molar-refractivity contribution >= 4 is 0 Å². The number of ether oxygens (including phenoxy) is 2. The SMILES string of the molecule is COc1ccc2c(c1)C(O)CC1(CCN(CC(O)c3ccc(F)cc3)CC1)O2. The molecule has 2 aromatic rings. The molecule has 4 rings (SSSR count). The lowest BCUT2D eigenvalue weighted by atomic mass is 9.81. The number of hydrogen-bond acceptors (Lipinski definition) is 5. The molecule has 0 bridgehead atoms. The summed E-state index contributed by atoms with van der Waals surface area (Å²) in [6, 6.07) is 11.5. The molecule has 6 heteroatoms. The van der Waals surface area contributed by atoms with Crippen LogP contribution in [0.15, 0.2) is 42.5 Å². The van der Waals surface area contributed by atoms with Gasteiger partial charge in [0, 0.05) is 31.6 Å². The molecule has 2 heterocycles. The Morgan fingerprint density at radius 1 is 1.21 bits per heavy atom. The van der Waals surface area contributed by atoms with Crippen LogP contribution < -0.4 is 9.47 Å². The summed E-state index contributed by atoms with van der Waals surface area (Å²) in [5.74, 6) is 1.13. The summed E-state index contributed by atoms with van der Waals surface area (Å²) in [7, 11) is 1.61. The fraction of sp³-hybridized carbons (Fsp3) is 0.455. The van der Waals surface area contributed by atoms with Crippen LogP contribution >= 0.6 is 0 Å². The van der Waals surface area contributed by atoms with Gasteiger partial charge in [-0.15, -0.1) is 0 Å². The normalized spacial score (nSPS) is 22.4. The quantitative estimate of drug-likeness (QED) is 0.844. The fourth-order valence-electron chi connectivity index (χ4n) is 4.23. The van der Waals surface area contributed by atoms with Crippen molar-refractivity contribution in [2.45, 2.75) is 37.1 Å². The minimum Gasteiger partial charge on any atom is -0.497 e. The zero-order valence-corrected chi connectivity index (χ0v) is 16.0. The zero-order valence-electron chi connectivity index (χ0n) is 16.0. The van der Waals surface area contributed by atoms with E-state index in [1.54, 1.807) is 19.2 Å². The van der Waals surface area contributed by atoms with Crippen LogP contribution in [0.3, 0.4) is 0 Å². The molecule has 1 saturated heterocycles. The molecule has 2 N–H and O–H groups in total. The Morgan fingerprint density at radius 3 is 2.61 bits per heavy atom. The van der Waals surface area contributed by atoms with Gasteiger partial charge in [-0.05, 0) is 48.7 Å². The number of β-amino-alcohol motifs (C(OH)–C–C–N with tert-alkyl or cyclic N) is 1. The molecule has 0 aromatic heterocycles. The van der Waals surface area contributed by atoms with E-state index in [2.05, 4.69) is 4.90 Å². The van der Waals surface area contributed by atoms with Crippen molar-refractivity contribution in [1.82, 2.24) is 4.90 Å². The van der Waals surface area contributed by atoms with Gasteiger partial charge in [-0.3, -0.25) is 0 Å². The molecule has 150 valence electrons.